The first-order valence-corrected chi connectivity index (χ1v) is 8.29. The third kappa shape index (κ3) is 2.89. The molecule has 116 valence electrons. The molecule has 0 unspecified atom stereocenters. The van der Waals surface area contributed by atoms with E-state index in [0.29, 0.717) is 11.7 Å². The maximum absolute atomic E-state index is 11.9. The van der Waals surface area contributed by atoms with E-state index in [1.54, 1.807) is 6.92 Å². The first kappa shape index (κ1) is 15.1. The molecule has 1 atom stereocenters. The van der Waals surface area contributed by atoms with Gasteiger partial charge in [-0.05, 0) is 32.3 Å². The van der Waals surface area contributed by atoms with Gasteiger partial charge in [-0.25, -0.2) is 0 Å². The molecule has 0 bridgehead atoms. The summed E-state index contributed by atoms with van der Waals surface area (Å²) in [5, 5.41) is 12.7. The summed E-state index contributed by atoms with van der Waals surface area (Å²) in [5.41, 5.74) is 1.26. The standard InChI is InChI=1S/C16H19N3O2S/c1-3-21-11(2)13(20)17-15-19-18-14(22-15)16(9-10-16)12-7-5-4-6-8-12/h4-8,11H,3,9-10H2,1-2H3,(H,17,19,20)/t11-/m0/s1. The number of amides is 1. The fourth-order valence-corrected chi connectivity index (χ4v) is 3.52. The topological polar surface area (TPSA) is 64.1 Å². The first-order valence-electron chi connectivity index (χ1n) is 7.47. The molecule has 0 spiro atoms. The third-order valence-corrected chi connectivity index (χ3v) is 4.97. The maximum Gasteiger partial charge on any atom is 0.255 e. The lowest BCUT2D eigenvalue weighted by atomic mass is 9.97. The number of nitrogens with zero attached hydrogens (tertiary/aromatic N) is 2. The van der Waals surface area contributed by atoms with Crippen molar-refractivity contribution in [2.75, 3.05) is 11.9 Å². The zero-order chi connectivity index (χ0) is 15.6. The Hall–Kier alpha value is -1.79. The number of anilines is 1. The maximum atomic E-state index is 11.9. The summed E-state index contributed by atoms with van der Waals surface area (Å²) in [6.07, 6.45) is 1.67. The van der Waals surface area contributed by atoms with Gasteiger partial charge in [-0.1, -0.05) is 41.7 Å². The molecule has 1 N–H and O–H groups in total. The second kappa shape index (κ2) is 6.14. The Kier molecular flexibility index (Phi) is 4.22. The van der Waals surface area contributed by atoms with Gasteiger partial charge >= 0.3 is 0 Å². The van der Waals surface area contributed by atoms with Crippen LogP contribution in [0.1, 0.15) is 37.3 Å². The van der Waals surface area contributed by atoms with Crippen molar-refractivity contribution in [2.45, 2.75) is 38.2 Å². The molecule has 1 amide bonds. The largest absolute Gasteiger partial charge is 0.369 e. The highest BCUT2D eigenvalue weighted by Crippen LogP contribution is 2.54. The molecule has 1 aromatic carbocycles. The van der Waals surface area contributed by atoms with Crippen molar-refractivity contribution < 1.29 is 9.53 Å². The Bertz CT molecular complexity index is 652. The first-order chi connectivity index (χ1) is 10.7. The zero-order valence-electron chi connectivity index (χ0n) is 12.7. The van der Waals surface area contributed by atoms with Gasteiger partial charge in [-0.15, -0.1) is 10.2 Å². The molecule has 1 heterocycles. The molecule has 0 radical (unpaired) electrons. The number of hydrogen-bond acceptors (Lipinski definition) is 5. The molecule has 1 aromatic heterocycles. The van der Waals surface area contributed by atoms with Gasteiger partial charge < -0.3 is 4.74 Å². The van der Waals surface area contributed by atoms with Crippen LogP contribution in [0.5, 0.6) is 0 Å². The van der Waals surface area contributed by atoms with Gasteiger partial charge in [-0.2, -0.15) is 0 Å². The summed E-state index contributed by atoms with van der Waals surface area (Å²) in [5.74, 6) is -0.186. The summed E-state index contributed by atoms with van der Waals surface area (Å²) in [6, 6.07) is 10.4. The Morgan fingerprint density at radius 2 is 2.09 bits per heavy atom. The number of benzene rings is 1. The Balaban J connectivity index is 1.73. The Morgan fingerprint density at radius 1 is 1.36 bits per heavy atom. The van der Waals surface area contributed by atoms with Gasteiger partial charge in [0.2, 0.25) is 5.13 Å². The average molecular weight is 317 g/mol. The smallest absolute Gasteiger partial charge is 0.255 e. The van der Waals surface area contributed by atoms with Crippen LogP contribution in [0.15, 0.2) is 30.3 Å². The molecule has 5 nitrogen and oxygen atoms in total. The van der Waals surface area contributed by atoms with Crippen LogP contribution in [0.3, 0.4) is 0 Å². The number of ether oxygens (including phenoxy) is 1. The van der Waals surface area contributed by atoms with Crippen LogP contribution in [0.2, 0.25) is 0 Å². The summed E-state index contributed by atoms with van der Waals surface area (Å²) in [7, 11) is 0. The number of aromatic nitrogens is 2. The van der Waals surface area contributed by atoms with Crippen LogP contribution in [-0.2, 0) is 14.9 Å². The normalized spacial score (nSPS) is 17.0. The van der Waals surface area contributed by atoms with Gasteiger partial charge in [0, 0.05) is 12.0 Å². The van der Waals surface area contributed by atoms with Gasteiger partial charge in [-0.3, -0.25) is 10.1 Å². The predicted octanol–water partition coefficient (Wildman–Crippen LogP) is 2.98. The predicted molar refractivity (Wildman–Crippen MR) is 86.1 cm³/mol. The molecule has 6 heteroatoms. The highest BCUT2D eigenvalue weighted by molar-refractivity contribution is 7.15. The zero-order valence-corrected chi connectivity index (χ0v) is 13.5. The van der Waals surface area contributed by atoms with E-state index in [4.69, 9.17) is 4.74 Å². The fraction of sp³-hybridized carbons (Fsp3) is 0.438. The number of rotatable bonds is 6. The lowest BCUT2D eigenvalue weighted by molar-refractivity contribution is -0.126. The van der Waals surface area contributed by atoms with Crippen LogP contribution in [0.4, 0.5) is 5.13 Å². The molecule has 1 fully saturated rings. The van der Waals surface area contributed by atoms with Crippen LogP contribution < -0.4 is 5.32 Å². The van der Waals surface area contributed by atoms with Crippen molar-refractivity contribution in [3.05, 3.63) is 40.9 Å². The number of hydrogen-bond donors (Lipinski definition) is 1. The van der Waals surface area contributed by atoms with E-state index in [2.05, 4.69) is 27.6 Å². The molecule has 3 rings (SSSR count). The summed E-state index contributed by atoms with van der Waals surface area (Å²) >= 11 is 1.45. The molecule has 0 saturated heterocycles. The molecular formula is C16H19N3O2S. The minimum atomic E-state index is -0.485. The monoisotopic (exact) mass is 317 g/mol. The summed E-state index contributed by atoms with van der Waals surface area (Å²) in [6.45, 7) is 4.10. The van der Waals surface area contributed by atoms with Gasteiger partial charge in [0.15, 0.2) is 0 Å². The van der Waals surface area contributed by atoms with Crippen molar-refractivity contribution in [3.8, 4) is 0 Å². The average Bonchev–Trinajstić information content (AvgIpc) is 3.22. The fourth-order valence-electron chi connectivity index (χ4n) is 2.51. The van der Waals surface area contributed by atoms with Crippen molar-refractivity contribution in [1.82, 2.24) is 10.2 Å². The molecular weight excluding hydrogens is 298 g/mol. The van der Waals surface area contributed by atoms with E-state index in [0.717, 1.165) is 17.8 Å². The Morgan fingerprint density at radius 3 is 2.73 bits per heavy atom. The van der Waals surface area contributed by atoms with E-state index >= 15 is 0 Å². The van der Waals surface area contributed by atoms with Crippen LogP contribution in [-0.4, -0.2) is 28.8 Å². The van der Waals surface area contributed by atoms with Crippen molar-refractivity contribution in [1.29, 1.82) is 0 Å². The van der Waals surface area contributed by atoms with Crippen molar-refractivity contribution in [3.63, 3.8) is 0 Å². The van der Waals surface area contributed by atoms with Crippen LogP contribution in [0.25, 0.3) is 0 Å². The summed E-state index contributed by atoms with van der Waals surface area (Å²) in [4.78, 5) is 11.9. The van der Waals surface area contributed by atoms with E-state index in [-0.39, 0.29) is 11.3 Å². The van der Waals surface area contributed by atoms with Gasteiger partial charge in [0.05, 0.1) is 0 Å². The molecule has 1 aliphatic carbocycles. The second-order valence-corrected chi connectivity index (χ2v) is 6.42. The van der Waals surface area contributed by atoms with Crippen LogP contribution >= 0.6 is 11.3 Å². The SMILES string of the molecule is CCO[C@@H](C)C(=O)Nc1nnc(C2(c3ccccc3)CC2)s1. The van der Waals surface area contributed by atoms with E-state index in [9.17, 15) is 4.79 Å². The number of carbonyl (C=O) groups is 1. The minimum Gasteiger partial charge on any atom is -0.369 e. The molecule has 2 aromatic rings. The Labute approximate surface area is 133 Å². The lowest BCUT2D eigenvalue weighted by Gasteiger charge is -2.11. The molecule has 1 saturated carbocycles. The lowest BCUT2D eigenvalue weighted by Crippen LogP contribution is -2.27. The number of carbonyl (C=O) groups excluding carboxylic acids is 1. The van der Waals surface area contributed by atoms with E-state index in [1.807, 2.05) is 25.1 Å². The van der Waals surface area contributed by atoms with Crippen LogP contribution in [0, 0.1) is 0 Å². The van der Waals surface area contributed by atoms with Crippen molar-refractivity contribution >= 4 is 22.4 Å². The van der Waals surface area contributed by atoms with Gasteiger partial charge in [0.25, 0.3) is 5.91 Å². The summed E-state index contributed by atoms with van der Waals surface area (Å²) < 4.78 is 5.28. The quantitative estimate of drug-likeness (QED) is 0.889. The second-order valence-electron chi connectivity index (χ2n) is 5.45. The molecule has 22 heavy (non-hydrogen) atoms. The van der Waals surface area contributed by atoms with Crippen molar-refractivity contribution in [2.24, 2.45) is 0 Å². The van der Waals surface area contributed by atoms with E-state index in [1.165, 1.54) is 16.9 Å². The van der Waals surface area contributed by atoms with Gasteiger partial charge in [0.1, 0.15) is 11.1 Å². The molecule has 1 aliphatic rings. The van der Waals surface area contributed by atoms with E-state index < -0.39 is 6.10 Å². The minimum absolute atomic E-state index is 0.00651. The molecule has 0 aliphatic heterocycles. The number of nitrogens with one attached hydrogen (secondary N) is 1. The third-order valence-electron chi connectivity index (χ3n) is 3.93. The highest BCUT2D eigenvalue weighted by atomic mass is 32.1. The highest BCUT2D eigenvalue weighted by Gasteiger charge is 2.48.